The van der Waals surface area contributed by atoms with Crippen molar-refractivity contribution >= 4 is 57.7 Å². The number of amides is 4. The van der Waals surface area contributed by atoms with Crippen molar-refractivity contribution < 1.29 is 29.0 Å². The topological polar surface area (TPSA) is 141 Å². The Hall–Kier alpha value is -5.82. The third kappa shape index (κ3) is 14.4. The second-order valence-electron chi connectivity index (χ2n) is 18.6. The zero-order chi connectivity index (χ0) is 48.6. The SMILES string of the molecule is Cc1ncsc1-c1ccc(CNC(=O)[C@@H]2C[C@@H](O)CN2C(=O)C(NC(=O)CCCCCCC(=O)N(C)CCOc2ccc(/C(=C(/CCCl)c3ccccc3)c3ccccc3)cc2)C(C)(C)C)cc1. The number of aliphatic hydroxyl groups is 1. The van der Waals surface area contributed by atoms with Gasteiger partial charge >= 0.3 is 0 Å². The number of thiazole rings is 1. The minimum absolute atomic E-state index is 0.0118. The Bertz CT molecular complexity index is 2450. The molecule has 4 aromatic carbocycles. The number of likely N-dealkylation sites (tertiary alicyclic amines) is 1. The van der Waals surface area contributed by atoms with Gasteiger partial charge in [0, 0.05) is 45.3 Å². The first-order valence-electron chi connectivity index (χ1n) is 23.7. The number of aryl methyl sites for hydroxylation is 1. The van der Waals surface area contributed by atoms with E-state index in [-0.39, 0.29) is 49.6 Å². The summed E-state index contributed by atoms with van der Waals surface area (Å²) in [6.07, 6.45) is 3.45. The van der Waals surface area contributed by atoms with Crippen LogP contribution in [0.2, 0.25) is 0 Å². The fourth-order valence-electron chi connectivity index (χ4n) is 8.53. The number of nitrogens with zero attached hydrogens (tertiary/aromatic N) is 3. The second-order valence-corrected chi connectivity index (χ2v) is 19.8. The van der Waals surface area contributed by atoms with E-state index in [1.165, 1.54) is 10.5 Å². The number of carbonyl (C=O) groups is 4. The number of aliphatic hydroxyl groups excluding tert-OH is 1. The number of aromatic nitrogens is 1. The molecule has 1 fully saturated rings. The number of alkyl halides is 1. The van der Waals surface area contributed by atoms with Crippen molar-refractivity contribution in [3.8, 4) is 16.2 Å². The van der Waals surface area contributed by atoms with Gasteiger partial charge in [-0.25, -0.2) is 4.98 Å². The average molecular weight is 961 g/mol. The lowest BCUT2D eigenvalue weighted by molar-refractivity contribution is -0.144. The fraction of sp³-hybridized carbons (Fsp3) is 0.400. The fourth-order valence-corrected chi connectivity index (χ4v) is 9.53. The van der Waals surface area contributed by atoms with Crippen molar-refractivity contribution in [2.24, 2.45) is 5.41 Å². The number of carbonyl (C=O) groups excluding carboxylic acids is 4. The Morgan fingerprint density at radius 1 is 0.853 bits per heavy atom. The number of β-amino-alcohol motifs (C(OH)–C–C–N with tert-alkyl or cyclic N) is 1. The summed E-state index contributed by atoms with van der Waals surface area (Å²) in [5.41, 5.74) is 9.74. The minimum Gasteiger partial charge on any atom is -0.492 e. The number of likely N-dealkylation sites (N-methyl/N-ethyl adjacent to an activating group) is 1. The molecule has 3 atom stereocenters. The van der Waals surface area contributed by atoms with Gasteiger partial charge in [-0.2, -0.15) is 0 Å². The molecule has 1 aliphatic heterocycles. The molecule has 68 heavy (non-hydrogen) atoms. The molecule has 1 unspecified atom stereocenters. The van der Waals surface area contributed by atoms with Gasteiger partial charge in [-0.3, -0.25) is 19.2 Å². The van der Waals surface area contributed by atoms with Crippen LogP contribution in [0.1, 0.15) is 100 Å². The largest absolute Gasteiger partial charge is 0.492 e. The molecule has 360 valence electrons. The number of rotatable bonds is 22. The molecule has 2 heterocycles. The molecule has 11 nitrogen and oxygen atoms in total. The smallest absolute Gasteiger partial charge is 0.246 e. The molecule has 13 heteroatoms. The molecule has 6 rings (SSSR count). The Morgan fingerprint density at radius 3 is 2.10 bits per heavy atom. The predicted molar refractivity (Wildman–Crippen MR) is 273 cm³/mol. The Balaban J connectivity index is 0.905. The van der Waals surface area contributed by atoms with E-state index in [1.54, 1.807) is 23.3 Å². The van der Waals surface area contributed by atoms with Crippen molar-refractivity contribution in [3.05, 3.63) is 143 Å². The molecular formula is C55H66ClN5O6S. The maximum Gasteiger partial charge on any atom is 0.246 e. The first kappa shape index (κ1) is 51.6. The number of nitrogens with one attached hydrogen (secondary N) is 2. The third-order valence-electron chi connectivity index (χ3n) is 12.4. The monoisotopic (exact) mass is 959 g/mol. The van der Waals surface area contributed by atoms with Crippen molar-refractivity contribution in [3.63, 3.8) is 0 Å². The maximum atomic E-state index is 14.0. The van der Waals surface area contributed by atoms with Crippen LogP contribution in [0, 0.1) is 12.3 Å². The van der Waals surface area contributed by atoms with Gasteiger partial charge in [0.05, 0.1) is 28.7 Å². The molecule has 0 saturated carbocycles. The van der Waals surface area contributed by atoms with E-state index in [4.69, 9.17) is 16.3 Å². The first-order valence-corrected chi connectivity index (χ1v) is 25.1. The van der Waals surface area contributed by atoms with Crippen LogP contribution < -0.4 is 15.4 Å². The molecule has 0 bridgehead atoms. The van der Waals surface area contributed by atoms with Crippen LogP contribution in [-0.4, -0.2) is 94.3 Å². The van der Waals surface area contributed by atoms with E-state index in [1.807, 2.05) is 106 Å². The van der Waals surface area contributed by atoms with E-state index < -0.39 is 23.6 Å². The summed E-state index contributed by atoms with van der Waals surface area (Å²) in [6.45, 7) is 8.68. The standard InChI is InChI=1S/C55H66ClN5O6S/c1-38-51(68-37-58-38)43-24-22-39(23-25-43)35-57-53(65)47-34-44(62)36-61(47)54(66)52(55(2,3)4)59-48(63)20-14-6-7-15-21-49(64)60(5)32-33-67-45-28-26-42(27-29-45)50(41-18-12-9-13-19-41)46(30-31-56)40-16-10-8-11-17-40/h8-13,16-19,22-29,37,44,47,52,62H,6-7,14-15,20-21,30-36H2,1-5H3,(H,57,65)(H,59,63)/b50-46-/t44-,47+,52?/m1/s1. The van der Waals surface area contributed by atoms with E-state index in [0.717, 1.165) is 69.0 Å². The Kier molecular flexibility index (Phi) is 18.9. The molecule has 0 aliphatic carbocycles. The van der Waals surface area contributed by atoms with Crippen LogP contribution in [0.15, 0.2) is 115 Å². The van der Waals surface area contributed by atoms with Crippen molar-refractivity contribution in [2.75, 3.05) is 32.6 Å². The zero-order valence-corrected chi connectivity index (χ0v) is 41.6. The number of unbranched alkanes of at least 4 members (excludes halogenated alkanes) is 3. The van der Waals surface area contributed by atoms with Gasteiger partial charge in [0.2, 0.25) is 23.6 Å². The lowest BCUT2D eigenvalue weighted by Crippen LogP contribution is -2.57. The lowest BCUT2D eigenvalue weighted by atomic mass is 9.85. The summed E-state index contributed by atoms with van der Waals surface area (Å²) in [6, 6.07) is 34.9. The molecule has 1 aliphatic rings. The molecule has 1 saturated heterocycles. The predicted octanol–water partition coefficient (Wildman–Crippen LogP) is 9.69. The van der Waals surface area contributed by atoms with Crippen molar-refractivity contribution in [1.82, 2.24) is 25.4 Å². The minimum atomic E-state index is -0.890. The second kappa shape index (κ2) is 25.0. The highest BCUT2D eigenvalue weighted by atomic mass is 35.5. The van der Waals surface area contributed by atoms with Gasteiger partial charge < -0.3 is 30.3 Å². The summed E-state index contributed by atoms with van der Waals surface area (Å²) in [5.74, 6) is 0.272. The number of hydrogen-bond acceptors (Lipinski definition) is 8. The molecule has 3 N–H and O–H groups in total. The highest BCUT2D eigenvalue weighted by molar-refractivity contribution is 7.13. The normalized spacial score (nSPS) is 15.6. The Morgan fingerprint density at radius 2 is 1.49 bits per heavy atom. The highest BCUT2D eigenvalue weighted by Crippen LogP contribution is 2.36. The first-order chi connectivity index (χ1) is 32.7. The number of hydrogen-bond donors (Lipinski definition) is 3. The van der Waals surface area contributed by atoms with E-state index in [2.05, 4.69) is 52.0 Å². The van der Waals surface area contributed by atoms with Crippen LogP contribution in [0.5, 0.6) is 5.75 Å². The van der Waals surface area contributed by atoms with Gasteiger partial charge in [-0.1, -0.05) is 131 Å². The zero-order valence-electron chi connectivity index (χ0n) is 40.0. The molecule has 4 amide bonds. The Labute approximate surface area is 411 Å². The maximum absolute atomic E-state index is 14.0. The number of allylic oxidation sites excluding steroid dienone is 1. The van der Waals surface area contributed by atoms with Crippen LogP contribution in [0.3, 0.4) is 0 Å². The van der Waals surface area contributed by atoms with E-state index >= 15 is 0 Å². The van der Waals surface area contributed by atoms with E-state index in [9.17, 15) is 24.3 Å². The summed E-state index contributed by atoms with van der Waals surface area (Å²) >= 11 is 7.90. The van der Waals surface area contributed by atoms with Gasteiger partial charge in [-0.15, -0.1) is 22.9 Å². The van der Waals surface area contributed by atoms with Crippen LogP contribution in [0.25, 0.3) is 21.6 Å². The van der Waals surface area contributed by atoms with E-state index in [0.29, 0.717) is 38.3 Å². The van der Waals surface area contributed by atoms with Gasteiger partial charge in [0.25, 0.3) is 0 Å². The molecule has 0 radical (unpaired) electrons. The summed E-state index contributed by atoms with van der Waals surface area (Å²) in [5, 5.41) is 16.5. The van der Waals surface area contributed by atoms with Gasteiger partial charge in [0.1, 0.15) is 24.4 Å². The lowest BCUT2D eigenvalue weighted by Gasteiger charge is -2.35. The molecular weight excluding hydrogens is 894 g/mol. The van der Waals surface area contributed by atoms with Crippen molar-refractivity contribution in [2.45, 2.75) is 104 Å². The van der Waals surface area contributed by atoms with Crippen LogP contribution in [-0.2, 0) is 25.7 Å². The summed E-state index contributed by atoms with van der Waals surface area (Å²) in [7, 11) is 1.79. The van der Waals surface area contributed by atoms with Gasteiger partial charge in [-0.05, 0) is 82.7 Å². The van der Waals surface area contributed by atoms with Crippen LogP contribution >= 0.6 is 22.9 Å². The summed E-state index contributed by atoms with van der Waals surface area (Å²) in [4.78, 5) is 62.2. The van der Waals surface area contributed by atoms with Gasteiger partial charge in [0.15, 0.2) is 0 Å². The number of ether oxygens (including phenoxy) is 1. The summed E-state index contributed by atoms with van der Waals surface area (Å²) < 4.78 is 6.07. The average Bonchev–Trinajstić information content (AvgIpc) is 3.96. The highest BCUT2D eigenvalue weighted by Gasteiger charge is 2.44. The third-order valence-corrected chi connectivity index (χ3v) is 13.5. The number of halogens is 1. The number of benzene rings is 4. The molecule has 0 spiro atoms. The molecule has 5 aromatic rings. The quantitative estimate of drug-likeness (QED) is 0.0357. The van der Waals surface area contributed by atoms with Crippen molar-refractivity contribution in [1.29, 1.82) is 0 Å². The van der Waals surface area contributed by atoms with Crippen LogP contribution in [0.4, 0.5) is 0 Å². The molecule has 1 aromatic heterocycles.